The summed E-state index contributed by atoms with van der Waals surface area (Å²) < 4.78 is 0. The number of pyridine rings is 2. The quantitative estimate of drug-likeness (QED) is 0.105. The molecule has 4 heterocycles. The van der Waals surface area contributed by atoms with Crippen LogP contribution in [-0.2, 0) is 12.8 Å². The number of benzene rings is 2. The minimum atomic E-state index is -1.04. The first-order valence-corrected chi connectivity index (χ1v) is 34.0. The summed E-state index contributed by atoms with van der Waals surface area (Å²) in [4.78, 5) is 49.4. The zero-order valence-corrected chi connectivity index (χ0v) is 56.4. The number of aromatic nitrogens is 2. The van der Waals surface area contributed by atoms with Crippen molar-refractivity contribution < 1.29 is 14.7 Å². The zero-order chi connectivity index (χ0) is 63.3. The van der Waals surface area contributed by atoms with Crippen LogP contribution in [0.25, 0.3) is 9.69 Å². The van der Waals surface area contributed by atoms with E-state index in [-0.39, 0.29) is 49.4 Å². The van der Waals surface area contributed by atoms with Gasteiger partial charge < -0.3 is 41.2 Å². The number of amides is 1. The van der Waals surface area contributed by atoms with E-state index in [9.17, 15) is 14.7 Å². The maximum atomic E-state index is 13.2. The Bertz CT molecular complexity index is 3170. The summed E-state index contributed by atoms with van der Waals surface area (Å²) in [7, 11) is 12.9. The average molecular weight is 1300 g/mol. The van der Waals surface area contributed by atoms with Crippen LogP contribution in [0.3, 0.4) is 0 Å². The molecular formula is C72H102Cl3N13O3. The summed E-state index contributed by atoms with van der Waals surface area (Å²) in [6, 6.07) is 21.3. The Morgan fingerprint density at radius 3 is 1.70 bits per heavy atom. The molecule has 0 spiro atoms. The van der Waals surface area contributed by atoms with Gasteiger partial charge in [0.25, 0.3) is 5.91 Å². The third-order valence-electron chi connectivity index (χ3n) is 20.6. The van der Waals surface area contributed by atoms with Crippen molar-refractivity contribution in [2.24, 2.45) is 34.5 Å². The van der Waals surface area contributed by atoms with E-state index >= 15 is 0 Å². The minimum absolute atomic E-state index is 0. The van der Waals surface area contributed by atoms with E-state index in [0.717, 1.165) is 97.6 Å². The Balaban J connectivity index is 0.000000192. The third-order valence-corrected chi connectivity index (χ3v) is 21.2. The molecule has 1 saturated heterocycles. The van der Waals surface area contributed by atoms with Gasteiger partial charge in [-0.25, -0.2) is 24.5 Å². The molecule has 2 aliphatic heterocycles. The summed E-state index contributed by atoms with van der Waals surface area (Å²) in [5.74, 6) is 0.373. The molecule has 13 rings (SSSR count). The molecule has 494 valence electrons. The molecule has 16 nitrogen and oxygen atoms in total. The van der Waals surface area contributed by atoms with E-state index in [0.29, 0.717) is 74.8 Å². The van der Waals surface area contributed by atoms with Gasteiger partial charge in [-0.1, -0.05) is 107 Å². The standard InChI is InChI=1S/C29H33ClN6O.C23H23ClN4O2.2C7H15N.C5H11N.CH4.ClH/c1-31-25-11-8-19(16-23(25)30)36-28(18-6-4-5-7-18)22-10-12-24-21(27(22)33-36)9-13-26(32-24)29(37)35-15-14-20(17-35)34(2)3;1-26-19-9-6-14(12-17(19)24)27-22(13-4-2-3-5-13)16-8-10-18-15(21(16)25)7-11-20(28-18)23(29)30;2*1-8(2)7-5-3-4-6-7;6-5-3-1-2-4-5;;/h8-9,11,13,16,18,20,22,28H,4-7,10,12,14-15,17H2,2-3H3;6-7,9,11-13,16,22,25,27H,2-5,8,10H2,(H,29,30);2*7H,3-6H2,1-2H3;5H,1-4,6H2;1H4;1H/t20-,22?,28?;;;;;;/m0....../s1. The van der Waals surface area contributed by atoms with Crippen LogP contribution in [0.5, 0.6) is 0 Å². The number of carbonyl (C=O) groups excluding carboxylic acids is 1. The highest BCUT2D eigenvalue weighted by molar-refractivity contribution is 6.34. The number of hydrogen-bond donors (Lipinski definition) is 4. The zero-order valence-electron chi connectivity index (χ0n) is 54.1. The third kappa shape index (κ3) is 18.4. The largest absolute Gasteiger partial charge is 0.477 e. The molecule has 9 aliphatic rings. The Kier molecular flexibility index (Phi) is 27.5. The van der Waals surface area contributed by atoms with E-state index in [4.69, 9.17) is 57.6 Å². The van der Waals surface area contributed by atoms with Gasteiger partial charge in [-0.15, -0.1) is 12.4 Å². The Morgan fingerprint density at radius 1 is 0.659 bits per heavy atom. The van der Waals surface area contributed by atoms with Gasteiger partial charge in [-0.3, -0.25) is 9.80 Å². The summed E-state index contributed by atoms with van der Waals surface area (Å²) in [5.41, 5.74) is 13.9. The van der Waals surface area contributed by atoms with Gasteiger partial charge in [-0.05, 0) is 199 Å². The predicted molar refractivity (Wildman–Crippen MR) is 376 cm³/mol. The highest BCUT2D eigenvalue weighted by atomic mass is 35.5. The molecule has 91 heavy (non-hydrogen) atoms. The highest BCUT2D eigenvalue weighted by Gasteiger charge is 2.46. The molecule has 5 atom stereocenters. The van der Waals surface area contributed by atoms with E-state index < -0.39 is 5.97 Å². The lowest BCUT2D eigenvalue weighted by Crippen LogP contribution is -2.42. The number of aromatic carboxylic acids is 1. The minimum Gasteiger partial charge on any atom is -0.477 e. The molecule has 2 aromatic heterocycles. The first-order chi connectivity index (χ1) is 42.9. The molecule has 19 heteroatoms. The van der Waals surface area contributed by atoms with Crippen molar-refractivity contribution in [2.45, 2.75) is 204 Å². The number of nitrogens with one attached hydrogen (secondary N) is 2. The summed E-state index contributed by atoms with van der Waals surface area (Å²) >= 11 is 12.7. The summed E-state index contributed by atoms with van der Waals surface area (Å²) in [5, 5.41) is 30.0. The SMILES string of the molecule is C.CN(C)C1CCCC1.CN(C)C1CCCC1.Cl.NC1CCCC1.[C-]#[N+]c1ccc(N2N=C3c4ccc(C(=O)N5CC[C@H](N(C)C)C5)nc4CCC3C2C2CCCC2)cc1Cl.[C-]#[N+]c1ccc(NC(C2CCCC2)C2CCc3nc(C(=O)O)ccc3C2=N)cc1Cl. The molecule has 5 saturated carbocycles. The van der Waals surface area contributed by atoms with Crippen LogP contribution in [0.4, 0.5) is 22.7 Å². The fourth-order valence-electron chi connectivity index (χ4n) is 15.4. The van der Waals surface area contributed by atoms with Crippen LogP contribution in [0, 0.1) is 42.2 Å². The topological polar surface area (TPSA) is 179 Å². The first-order valence-electron chi connectivity index (χ1n) is 33.3. The van der Waals surface area contributed by atoms with Crippen molar-refractivity contribution in [2.75, 3.05) is 65.7 Å². The molecule has 0 bridgehead atoms. The Labute approximate surface area is 560 Å². The lowest BCUT2D eigenvalue weighted by atomic mass is 9.75. The molecule has 0 radical (unpaired) electrons. The van der Waals surface area contributed by atoms with Crippen molar-refractivity contribution in [3.63, 3.8) is 0 Å². The summed E-state index contributed by atoms with van der Waals surface area (Å²) in [6.07, 6.45) is 30.6. The number of rotatable bonds is 11. The van der Waals surface area contributed by atoms with Gasteiger partial charge >= 0.3 is 5.97 Å². The molecular weight excluding hydrogens is 1200 g/mol. The number of hydrazone groups is 1. The number of nitrogens with zero attached hydrogens (tertiary/aromatic N) is 10. The maximum absolute atomic E-state index is 13.2. The van der Waals surface area contributed by atoms with Crippen molar-refractivity contribution in [1.29, 1.82) is 5.41 Å². The molecule has 2 aromatic carbocycles. The van der Waals surface area contributed by atoms with E-state index in [2.05, 4.69) is 88.1 Å². The fourth-order valence-corrected chi connectivity index (χ4v) is 15.8. The van der Waals surface area contributed by atoms with E-state index in [1.54, 1.807) is 24.3 Å². The number of aryl methyl sites for hydroxylation is 2. The Hall–Kier alpha value is -5.69. The van der Waals surface area contributed by atoms with Crippen LogP contribution >= 0.6 is 35.6 Å². The van der Waals surface area contributed by atoms with Crippen LogP contribution in [0.15, 0.2) is 65.8 Å². The van der Waals surface area contributed by atoms with Crippen LogP contribution in [0.2, 0.25) is 10.0 Å². The van der Waals surface area contributed by atoms with Gasteiger partial charge in [0, 0.05) is 87.7 Å². The van der Waals surface area contributed by atoms with Crippen molar-refractivity contribution in [3.05, 3.63) is 127 Å². The molecule has 4 aromatic rings. The van der Waals surface area contributed by atoms with Gasteiger partial charge in [-0.2, -0.15) is 5.10 Å². The first kappa shape index (κ1) is 72.7. The number of fused-ring (bicyclic) bond motifs is 4. The van der Waals surface area contributed by atoms with Crippen LogP contribution in [-0.4, -0.2) is 150 Å². The number of carboxylic acid groups (broad SMARTS) is 1. The van der Waals surface area contributed by atoms with Gasteiger partial charge in [0.15, 0.2) is 0 Å². The highest BCUT2D eigenvalue weighted by Crippen LogP contribution is 2.46. The second-order valence-electron chi connectivity index (χ2n) is 27.0. The van der Waals surface area contributed by atoms with Crippen molar-refractivity contribution >= 4 is 81.7 Å². The van der Waals surface area contributed by atoms with Gasteiger partial charge in [0.05, 0.1) is 42.0 Å². The van der Waals surface area contributed by atoms with Gasteiger partial charge in [0.2, 0.25) is 11.4 Å². The number of anilines is 2. The number of carbonyl (C=O) groups is 2. The summed E-state index contributed by atoms with van der Waals surface area (Å²) in [6.45, 7) is 16.1. The Morgan fingerprint density at radius 2 is 1.18 bits per heavy atom. The number of likely N-dealkylation sites (tertiary alicyclic amines) is 1. The predicted octanol–water partition coefficient (Wildman–Crippen LogP) is 15.9. The van der Waals surface area contributed by atoms with Crippen molar-refractivity contribution in [1.82, 2.24) is 29.6 Å². The number of nitrogens with two attached hydrogens (primary N) is 1. The number of carboxylic acids is 1. The molecule has 6 fully saturated rings. The maximum Gasteiger partial charge on any atom is 0.354 e. The molecule has 1 amide bonds. The number of hydrogen-bond acceptors (Lipinski definition) is 12. The van der Waals surface area contributed by atoms with Crippen LogP contribution in [0.1, 0.15) is 199 Å². The second-order valence-corrected chi connectivity index (χ2v) is 27.8. The average Bonchev–Trinajstić information content (AvgIpc) is 1.64. The lowest BCUT2D eigenvalue weighted by Gasteiger charge is -2.36. The van der Waals surface area contributed by atoms with E-state index in [1.165, 1.54) is 122 Å². The monoisotopic (exact) mass is 1300 g/mol. The fraction of sp³-hybridized carbons (Fsp3) is 0.611. The number of halogens is 3. The molecule has 5 N–H and O–H groups in total. The second kappa shape index (κ2) is 34.5. The number of likely N-dealkylation sites (N-methyl/N-ethyl adjacent to an activating group) is 1. The normalized spacial score (nSPS) is 22.5. The molecule has 4 unspecified atom stereocenters. The van der Waals surface area contributed by atoms with Crippen molar-refractivity contribution in [3.8, 4) is 0 Å². The lowest BCUT2D eigenvalue weighted by molar-refractivity contribution is 0.0689. The van der Waals surface area contributed by atoms with Crippen LogP contribution < -0.4 is 16.1 Å². The molecule has 7 aliphatic carbocycles. The van der Waals surface area contributed by atoms with E-state index in [1.807, 2.05) is 29.2 Å². The van der Waals surface area contributed by atoms with Gasteiger partial charge in [0.1, 0.15) is 11.4 Å². The smallest absolute Gasteiger partial charge is 0.354 e.